The van der Waals surface area contributed by atoms with Crippen LogP contribution in [0.1, 0.15) is 12.8 Å². The van der Waals surface area contributed by atoms with Gasteiger partial charge in [-0.3, -0.25) is 0 Å². The first-order valence-corrected chi connectivity index (χ1v) is 6.81. The SMILES string of the molecule is Clc1cccnc1NCC1CCSCC1. The van der Waals surface area contributed by atoms with Gasteiger partial charge in [0.15, 0.2) is 0 Å². The minimum Gasteiger partial charge on any atom is -0.369 e. The van der Waals surface area contributed by atoms with E-state index in [1.54, 1.807) is 6.20 Å². The molecule has 2 heterocycles. The van der Waals surface area contributed by atoms with Crippen LogP contribution >= 0.6 is 23.4 Å². The first kappa shape index (κ1) is 11.1. The average molecular weight is 243 g/mol. The van der Waals surface area contributed by atoms with Gasteiger partial charge in [0.05, 0.1) is 5.02 Å². The summed E-state index contributed by atoms with van der Waals surface area (Å²) in [5, 5.41) is 4.04. The summed E-state index contributed by atoms with van der Waals surface area (Å²) in [7, 11) is 0. The second kappa shape index (κ2) is 5.61. The molecule has 1 saturated heterocycles. The average Bonchev–Trinajstić information content (AvgIpc) is 2.29. The maximum absolute atomic E-state index is 6.01. The van der Waals surface area contributed by atoms with Crippen molar-refractivity contribution in [1.29, 1.82) is 0 Å². The van der Waals surface area contributed by atoms with E-state index in [-0.39, 0.29) is 0 Å². The van der Waals surface area contributed by atoms with Gasteiger partial charge in [-0.2, -0.15) is 11.8 Å². The van der Waals surface area contributed by atoms with E-state index in [9.17, 15) is 0 Å². The number of pyridine rings is 1. The van der Waals surface area contributed by atoms with E-state index >= 15 is 0 Å². The van der Waals surface area contributed by atoms with E-state index in [4.69, 9.17) is 11.6 Å². The summed E-state index contributed by atoms with van der Waals surface area (Å²) in [5.74, 6) is 4.19. The lowest BCUT2D eigenvalue weighted by Crippen LogP contribution is -2.19. The van der Waals surface area contributed by atoms with Crippen LogP contribution in [-0.4, -0.2) is 23.0 Å². The van der Waals surface area contributed by atoms with E-state index in [0.29, 0.717) is 5.02 Å². The third kappa shape index (κ3) is 3.28. The van der Waals surface area contributed by atoms with Crippen LogP contribution in [0.3, 0.4) is 0 Å². The molecular formula is C11H15ClN2S. The highest BCUT2D eigenvalue weighted by atomic mass is 35.5. The molecular weight excluding hydrogens is 228 g/mol. The summed E-state index contributed by atoms with van der Waals surface area (Å²) in [6.07, 6.45) is 4.38. The molecule has 0 radical (unpaired) electrons. The first-order valence-electron chi connectivity index (χ1n) is 5.28. The summed E-state index contributed by atoms with van der Waals surface area (Å²) in [4.78, 5) is 4.21. The molecule has 0 saturated carbocycles. The molecule has 0 amide bonds. The van der Waals surface area contributed by atoms with Gasteiger partial charge in [-0.15, -0.1) is 0 Å². The number of thioether (sulfide) groups is 1. The van der Waals surface area contributed by atoms with Gasteiger partial charge in [0.2, 0.25) is 0 Å². The summed E-state index contributed by atoms with van der Waals surface area (Å²) >= 11 is 8.07. The van der Waals surface area contributed by atoms with Gasteiger partial charge in [-0.25, -0.2) is 4.98 Å². The first-order chi connectivity index (χ1) is 7.36. The highest BCUT2D eigenvalue weighted by Gasteiger charge is 2.13. The fourth-order valence-corrected chi connectivity index (χ4v) is 3.10. The number of aromatic nitrogens is 1. The molecule has 1 aliphatic heterocycles. The molecule has 4 heteroatoms. The lowest BCUT2D eigenvalue weighted by molar-refractivity contribution is 0.515. The Kier molecular flexibility index (Phi) is 4.15. The Morgan fingerprint density at radius 1 is 1.47 bits per heavy atom. The Labute approximate surface area is 99.8 Å². The third-order valence-corrected chi connectivity index (χ3v) is 4.01. The topological polar surface area (TPSA) is 24.9 Å². The van der Waals surface area contributed by atoms with Crippen molar-refractivity contribution in [2.45, 2.75) is 12.8 Å². The number of nitrogens with one attached hydrogen (secondary N) is 1. The fraction of sp³-hybridized carbons (Fsp3) is 0.545. The smallest absolute Gasteiger partial charge is 0.144 e. The van der Waals surface area contributed by atoms with Gasteiger partial charge in [-0.05, 0) is 42.4 Å². The van der Waals surface area contributed by atoms with Gasteiger partial charge < -0.3 is 5.32 Å². The molecule has 2 rings (SSSR count). The van der Waals surface area contributed by atoms with Crippen molar-refractivity contribution in [3.8, 4) is 0 Å². The van der Waals surface area contributed by atoms with Gasteiger partial charge in [0, 0.05) is 12.7 Å². The molecule has 0 bridgehead atoms. The van der Waals surface area contributed by atoms with Gasteiger partial charge in [0.1, 0.15) is 5.82 Å². The molecule has 0 unspecified atom stereocenters. The standard InChI is InChI=1S/C11H15ClN2S/c12-10-2-1-5-13-11(10)14-8-9-3-6-15-7-4-9/h1-2,5,9H,3-4,6-8H2,(H,13,14). The zero-order valence-electron chi connectivity index (χ0n) is 8.58. The Morgan fingerprint density at radius 2 is 2.27 bits per heavy atom. The Balaban J connectivity index is 1.84. The van der Waals surface area contributed by atoms with Crippen LogP contribution in [0.4, 0.5) is 5.82 Å². The van der Waals surface area contributed by atoms with Crippen LogP contribution < -0.4 is 5.32 Å². The van der Waals surface area contributed by atoms with Crippen LogP contribution in [0.5, 0.6) is 0 Å². The maximum atomic E-state index is 6.01. The molecule has 0 atom stereocenters. The summed E-state index contributed by atoms with van der Waals surface area (Å²) in [6, 6.07) is 3.72. The number of rotatable bonds is 3. The third-order valence-electron chi connectivity index (χ3n) is 2.66. The second-order valence-corrected chi connectivity index (χ2v) is 5.40. The maximum Gasteiger partial charge on any atom is 0.144 e. The summed E-state index contributed by atoms with van der Waals surface area (Å²) in [6.45, 7) is 0.997. The lowest BCUT2D eigenvalue weighted by Gasteiger charge is -2.21. The highest BCUT2D eigenvalue weighted by Crippen LogP contribution is 2.24. The van der Waals surface area contributed by atoms with Crippen LogP contribution in [0.15, 0.2) is 18.3 Å². The quantitative estimate of drug-likeness (QED) is 0.881. The van der Waals surface area contributed by atoms with Crippen molar-refractivity contribution in [2.75, 3.05) is 23.4 Å². The zero-order valence-corrected chi connectivity index (χ0v) is 10.2. The zero-order chi connectivity index (χ0) is 10.5. The Bertz CT molecular complexity index is 313. The molecule has 1 fully saturated rings. The van der Waals surface area contributed by atoms with E-state index in [2.05, 4.69) is 22.1 Å². The fourth-order valence-electron chi connectivity index (χ4n) is 1.71. The molecule has 0 aromatic carbocycles. The van der Waals surface area contributed by atoms with E-state index in [1.165, 1.54) is 24.3 Å². The molecule has 1 aromatic rings. The van der Waals surface area contributed by atoms with Crippen LogP contribution in [0.25, 0.3) is 0 Å². The van der Waals surface area contributed by atoms with Crippen molar-refractivity contribution >= 4 is 29.2 Å². The number of hydrogen-bond donors (Lipinski definition) is 1. The summed E-state index contributed by atoms with van der Waals surface area (Å²) in [5.41, 5.74) is 0. The molecule has 2 nitrogen and oxygen atoms in total. The monoisotopic (exact) mass is 242 g/mol. The molecule has 1 N–H and O–H groups in total. The lowest BCUT2D eigenvalue weighted by atomic mass is 10.0. The number of halogens is 1. The van der Waals surface area contributed by atoms with Crippen LogP contribution in [0.2, 0.25) is 5.02 Å². The molecule has 1 aliphatic rings. The normalized spacial score (nSPS) is 17.7. The van der Waals surface area contributed by atoms with Crippen molar-refractivity contribution in [3.63, 3.8) is 0 Å². The predicted octanol–water partition coefficient (Wildman–Crippen LogP) is 3.29. The van der Waals surface area contributed by atoms with Gasteiger partial charge >= 0.3 is 0 Å². The number of hydrogen-bond acceptors (Lipinski definition) is 3. The minimum atomic E-state index is 0.711. The molecule has 0 spiro atoms. The van der Waals surface area contributed by atoms with Crippen molar-refractivity contribution < 1.29 is 0 Å². The van der Waals surface area contributed by atoms with Crippen molar-refractivity contribution in [2.24, 2.45) is 5.92 Å². The highest BCUT2D eigenvalue weighted by molar-refractivity contribution is 7.99. The van der Waals surface area contributed by atoms with E-state index < -0.39 is 0 Å². The van der Waals surface area contributed by atoms with Crippen molar-refractivity contribution in [1.82, 2.24) is 4.98 Å². The van der Waals surface area contributed by atoms with Gasteiger partial charge in [-0.1, -0.05) is 11.6 Å². The van der Waals surface area contributed by atoms with Crippen LogP contribution in [0, 0.1) is 5.92 Å². The molecule has 0 aliphatic carbocycles. The minimum absolute atomic E-state index is 0.711. The Morgan fingerprint density at radius 3 is 3.00 bits per heavy atom. The molecule has 1 aromatic heterocycles. The van der Waals surface area contributed by atoms with Gasteiger partial charge in [0.25, 0.3) is 0 Å². The second-order valence-electron chi connectivity index (χ2n) is 3.77. The molecule has 15 heavy (non-hydrogen) atoms. The van der Waals surface area contributed by atoms with Crippen LogP contribution in [-0.2, 0) is 0 Å². The number of nitrogens with zero attached hydrogens (tertiary/aromatic N) is 1. The summed E-state index contributed by atoms with van der Waals surface area (Å²) < 4.78 is 0. The molecule has 82 valence electrons. The largest absolute Gasteiger partial charge is 0.369 e. The predicted molar refractivity (Wildman–Crippen MR) is 67.8 cm³/mol. The van der Waals surface area contributed by atoms with E-state index in [0.717, 1.165) is 18.3 Å². The van der Waals surface area contributed by atoms with E-state index in [1.807, 2.05) is 12.1 Å². The van der Waals surface area contributed by atoms with Crippen molar-refractivity contribution in [3.05, 3.63) is 23.4 Å². The Hall–Kier alpha value is -0.410. The number of anilines is 1.